The zero-order valence-electron chi connectivity index (χ0n) is 19.4. The van der Waals surface area contributed by atoms with E-state index >= 15 is 0 Å². The van der Waals surface area contributed by atoms with Crippen LogP contribution in [0, 0.1) is 20.8 Å². The molecule has 0 radical (unpaired) electrons. The fourth-order valence-electron chi connectivity index (χ4n) is 3.53. The highest BCUT2D eigenvalue weighted by atomic mass is 32.1. The third kappa shape index (κ3) is 5.10. The minimum Gasteiger partial charge on any atom is -0.464 e. The van der Waals surface area contributed by atoms with Crippen LogP contribution in [0.2, 0.25) is 0 Å². The summed E-state index contributed by atoms with van der Waals surface area (Å²) < 4.78 is 14.8. The number of primary amides is 1. The number of amides is 3. The van der Waals surface area contributed by atoms with E-state index in [1.54, 1.807) is 25.1 Å². The van der Waals surface area contributed by atoms with Crippen LogP contribution in [-0.4, -0.2) is 42.4 Å². The Labute approximate surface area is 201 Å². The van der Waals surface area contributed by atoms with Gasteiger partial charge in [0, 0.05) is 19.3 Å². The van der Waals surface area contributed by atoms with Crippen LogP contribution in [0.1, 0.15) is 48.8 Å². The molecular formula is C23H27N5O5S. The highest BCUT2D eigenvalue weighted by Crippen LogP contribution is 2.35. The summed E-state index contributed by atoms with van der Waals surface area (Å²) in [4.78, 5) is 40.3. The van der Waals surface area contributed by atoms with Crippen LogP contribution in [0.5, 0.6) is 0 Å². The molecule has 34 heavy (non-hydrogen) atoms. The van der Waals surface area contributed by atoms with Gasteiger partial charge in [-0.25, -0.2) is 0 Å². The van der Waals surface area contributed by atoms with Crippen LogP contribution in [-0.2, 0) is 9.53 Å². The van der Waals surface area contributed by atoms with Crippen molar-refractivity contribution in [1.29, 1.82) is 0 Å². The number of aromatic nitrogens is 1. The second-order valence-corrected chi connectivity index (χ2v) is 8.51. The van der Waals surface area contributed by atoms with Gasteiger partial charge in [0.15, 0.2) is 11.7 Å². The van der Waals surface area contributed by atoms with E-state index in [2.05, 4.69) is 9.69 Å². The Morgan fingerprint density at radius 3 is 2.50 bits per heavy atom. The van der Waals surface area contributed by atoms with Gasteiger partial charge in [-0.3, -0.25) is 19.3 Å². The number of rotatable bonds is 9. The van der Waals surface area contributed by atoms with Crippen molar-refractivity contribution in [1.82, 2.24) is 9.69 Å². The van der Waals surface area contributed by atoms with E-state index < -0.39 is 23.8 Å². The summed E-state index contributed by atoms with van der Waals surface area (Å²) in [5, 5.41) is 2.78. The molecule has 0 bridgehead atoms. The van der Waals surface area contributed by atoms with Crippen molar-refractivity contribution in [2.24, 2.45) is 5.73 Å². The predicted molar refractivity (Wildman–Crippen MR) is 129 cm³/mol. The quantitative estimate of drug-likeness (QED) is 0.393. The Morgan fingerprint density at radius 1 is 1.21 bits per heavy atom. The molecule has 0 aliphatic rings. The number of hydrogen-bond acceptors (Lipinski definition) is 8. The number of carbonyl (C=O) groups is 3. The predicted octanol–water partition coefficient (Wildman–Crippen LogP) is 2.49. The molecule has 0 fully saturated rings. The lowest BCUT2D eigenvalue weighted by Gasteiger charge is -2.31. The summed E-state index contributed by atoms with van der Waals surface area (Å²) in [6, 6.07) is 7.67. The minimum atomic E-state index is -1.17. The fourth-order valence-corrected chi connectivity index (χ4v) is 4.27. The molecule has 3 rings (SSSR count). The zero-order chi connectivity index (χ0) is 25.0. The Morgan fingerprint density at radius 2 is 1.94 bits per heavy atom. The Bertz CT molecular complexity index is 1220. The molecule has 3 aromatic rings. The first-order chi connectivity index (χ1) is 16.1. The molecule has 2 heterocycles. The number of nitrogen functional groups attached to an aromatic ring is 1. The largest absolute Gasteiger partial charge is 0.464 e. The van der Waals surface area contributed by atoms with Crippen LogP contribution in [0.15, 0.2) is 34.7 Å². The Balaban J connectivity index is 2.19. The Hall–Kier alpha value is -3.70. The lowest BCUT2D eigenvalue weighted by molar-refractivity contribution is -0.123. The maximum atomic E-state index is 13.9. The Kier molecular flexibility index (Phi) is 7.69. The van der Waals surface area contributed by atoms with Gasteiger partial charge < -0.3 is 25.9 Å². The lowest BCUT2D eigenvalue weighted by atomic mass is 10.0. The van der Waals surface area contributed by atoms with Crippen molar-refractivity contribution in [2.75, 3.05) is 30.9 Å². The SMILES string of the molecule is COCCNC(=O)[C@@H](c1ccc(C)o1)N(C(=O)c1snc(C(N)=O)c1N)c1ccc(C)cc1C. The number of nitrogens with one attached hydrogen (secondary N) is 1. The smallest absolute Gasteiger partial charge is 0.273 e. The molecule has 0 aliphatic heterocycles. The molecule has 0 saturated heterocycles. The summed E-state index contributed by atoms with van der Waals surface area (Å²) in [7, 11) is 1.52. The van der Waals surface area contributed by atoms with E-state index in [9.17, 15) is 14.4 Å². The van der Waals surface area contributed by atoms with Gasteiger partial charge in [-0.05, 0) is 56.1 Å². The molecule has 1 aromatic carbocycles. The van der Waals surface area contributed by atoms with Crippen LogP contribution >= 0.6 is 11.5 Å². The van der Waals surface area contributed by atoms with Crippen molar-refractivity contribution in [3.8, 4) is 0 Å². The van der Waals surface area contributed by atoms with Crippen LogP contribution in [0.3, 0.4) is 0 Å². The van der Waals surface area contributed by atoms with E-state index in [0.29, 0.717) is 11.4 Å². The first-order valence-electron chi connectivity index (χ1n) is 10.4. The van der Waals surface area contributed by atoms with Crippen molar-refractivity contribution in [3.63, 3.8) is 0 Å². The second-order valence-electron chi connectivity index (χ2n) is 7.74. The number of methoxy groups -OCH3 is 1. The first-order valence-corrected chi connectivity index (χ1v) is 11.2. The summed E-state index contributed by atoms with van der Waals surface area (Å²) in [5.41, 5.74) is 13.3. The maximum absolute atomic E-state index is 13.9. The number of ether oxygens (including phenoxy) is 1. The van der Waals surface area contributed by atoms with Gasteiger partial charge in [0.05, 0.1) is 12.3 Å². The summed E-state index contributed by atoms with van der Waals surface area (Å²) >= 11 is 0.746. The number of anilines is 2. The van der Waals surface area contributed by atoms with Crippen LogP contribution < -0.4 is 21.7 Å². The number of hydrogen-bond donors (Lipinski definition) is 3. The van der Waals surface area contributed by atoms with Gasteiger partial charge in [0.25, 0.3) is 17.7 Å². The van der Waals surface area contributed by atoms with Crippen LogP contribution in [0.4, 0.5) is 11.4 Å². The number of benzene rings is 1. The highest BCUT2D eigenvalue weighted by molar-refractivity contribution is 7.09. The van der Waals surface area contributed by atoms with E-state index in [-0.39, 0.29) is 35.2 Å². The molecular weight excluding hydrogens is 458 g/mol. The van der Waals surface area contributed by atoms with Crippen molar-refractivity contribution in [3.05, 3.63) is 63.6 Å². The highest BCUT2D eigenvalue weighted by Gasteiger charge is 2.38. The number of nitrogens with zero attached hydrogens (tertiary/aromatic N) is 2. The van der Waals surface area contributed by atoms with Gasteiger partial charge >= 0.3 is 0 Å². The number of aryl methyl sites for hydroxylation is 3. The third-order valence-electron chi connectivity index (χ3n) is 5.13. The number of furan rings is 1. The van der Waals surface area contributed by atoms with Crippen LogP contribution in [0.25, 0.3) is 0 Å². The molecule has 2 aromatic heterocycles. The molecule has 0 saturated carbocycles. The molecule has 11 heteroatoms. The summed E-state index contributed by atoms with van der Waals surface area (Å²) in [5.74, 6) is -1.10. The van der Waals surface area contributed by atoms with Gasteiger partial charge in [-0.15, -0.1) is 0 Å². The van der Waals surface area contributed by atoms with Crippen molar-refractivity contribution in [2.45, 2.75) is 26.8 Å². The van der Waals surface area contributed by atoms with Crippen molar-refractivity contribution >= 4 is 40.6 Å². The monoisotopic (exact) mass is 485 g/mol. The van der Waals surface area contributed by atoms with E-state index in [1.165, 1.54) is 12.0 Å². The molecule has 0 aliphatic carbocycles. The lowest BCUT2D eigenvalue weighted by Crippen LogP contribution is -2.45. The average molecular weight is 486 g/mol. The average Bonchev–Trinajstić information content (AvgIpc) is 3.37. The minimum absolute atomic E-state index is 0.00764. The van der Waals surface area contributed by atoms with Gasteiger partial charge in [0.2, 0.25) is 0 Å². The molecule has 1 atom stereocenters. The second kappa shape index (κ2) is 10.5. The first kappa shape index (κ1) is 24.9. The van der Waals surface area contributed by atoms with E-state index in [4.69, 9.17) is 20.6 Å². The van der Waals surface area contributed by atoms with E-state index in [1.807, 2.05) is 26.0 Å². The molecule has 180 valence electrons. The summed E-state index contributed by atoms with van der Waals surface area (Å²) in [6.07, 6.45) is 0. The molecule has 10 nitrogen and oxygen atoms in total. The molecule has 3 amide bonds. The fraction of sp³-hybridized carbons (Fsp3) is 0.304. The standard InChI is InChI=1S/C23H27N5O5S/c1-12-5-7-15(13(2)11-12)28(23(31)20-17(24)18(21(25)29)27-34-20)19(16-8-6-14(3)33-16)22(30)26-9-10-32-4/h5-8,11,19H,9-10,24H2,1-4H3,(H2,25,29)(H,26,30)/t19-/m1/s1. The topological polar surface area (TPSA) is 154 Å². The van der Waals surface area contributed by atoms with Gasteiger partial charge in [-0.1, -0.05) is 17.7 Å². The third-order valence-corrected chi connectivity index (χ3v) is 5.98. The van der Waals surface area contributed by atoms with Crippen molar-refractivity contribution < 1.29 is 23.5 Å². The zero-order valence-corrected chi connectivity index (χ0v) is 20.2. The number of nitrogens with two attached hydrogens (primary N) is 2. The van der Waals surface area contributed by atoms with Gasteiger partial charge in [0.1, 0.15) is 16.4 Å². The molecule has 0 spiro atoms. The molecule has 0 unspecified atom stereocenters. The maximum Gasteiger partial charge on any atom is 0.273 e. The number of carbonyl (C=O) groups excluding carboxylic acids is 3. The van der Waals surface area contributed by atoms with Gasteiger partial charge in [-0.2, -0.15) is 4.37 Å². The molecule has 5 N–H and O–H groups in total. The summed E-state index contributed by atoms with van der Waals surface area (Å²) in [6.45, 7) is 6.02. The normalized spacial score (nSPS) is 11.8. The van der Waals surface area contributed by atoms with E-state index in [0.717, 1.165) is 22.7 Å².